The van der Waals surface area contributed by atoms with Gasteiger partial charge in [-0.1, -0.05) is 46.6 Å². The molecule has 4 atom stereocenters. The maximum Gasteiger partial charge on any atom is 0.331 e. The van der Waals surface area contributed by atoms with Crippen molar-refractivity contribution in [1.29, 1.82) is 0 Å². The number of carboxylic acids is 1. The first kappa shape index (κ1) is 25.2. The Kier molecular flexibility index (Phi) is 6.65. The van der Waals surface area contributed by atoms with E-state index in [1.807, 2.05) is 0 Å². The Morgan fingerprint density at radius 3 is 2.62 bits per heavy atom. The van der Waals surface area contributed by atoms with Crippen LogP contribution < -0.4 is 5.32 Å². The van der Waals surface area contributed by atoms with Crippen LogP contribution in [-0.2, 0) is 28.0 Å². The van der Waals surface area contributed by atoms with Gasteiger partial charge in [-0.25, -0.2) is 14.2 Å². The molecule has 0 aliphatic carbocycles. The maximum atomic E-state index is 13.2. The van der Waals surface area contributed by atoms with Gasteiger partial charge in [0.25, 0.3) is 0 Å². The molecule has 2 aliphatic rings. The van der Waals surface area contributed by atoms with E-state index in [2.05, 4.69) is 36.4 Å². The van der Waals surface area contributed by atoms with Crippen LogP contribution in [0.15, 0.2) is 11.5 Å². The summed E-state index contributed by atoms with van der Waals surface area (Å²) in [5.41, 5.74) is -1.87. The van der Waals surface area contributed by atoms with E-state index in [0.29, 0.717) is 5.16 Å². The summed E-state index contributed by atoms with van der Waals surface area (Å²) in [5, 5.41) is 34.5. The molecule has 2 saturated heterocycles. The number of carbonyl (C=O) groups excluding carboxylic acids is 2. The predicted octanol–water partition coefficient (Wildman–Crippen LogP) is -0.269. The Bertz CT molecular complexity index is 1110. The Balaban J connectivity index is 1.62. The van der Waals surface area contributed by atoms with Crippen LogP contribution in [0.3, 0.4) is 0 Å². The molecule has 4 heterocycles. The number of tetrazole rings is 2. The van der Waals surface area contributed by atoms with E-state index >= 15 is 0 Å². The zero-order valence-corrected chi connectivity index (χ0v) is 21.4. The van der Waals surface area contributed by atoms with Crippen LogP contribution in [0.25, 0.3) is 0 Å². The lowest BCUT2D eigenvalue weighted by atomic mass is 9.78. The zero-order chi connectivity index (χ0) is 24.9. The quantitative estimate of drug-likeness (QED) is 0.241. The number of alkyl halides is 3. The molecule has 0 radical (unpaired) electrons. The van der Waals surface area contributed by atoms with E-state index in [1.165, 1.54) is 44.1 Å². The van der Waals surface area contributed by atoms with Crippen molar-refractivity contribution in [2.75, 3.05) is 5.75 Å². The van der Waals surface area contributed by atoms with Crippen molar-refractivity contribution in [2.24, 2.45) is 7.05 Å². The van der Waals surface area contributed by atoms with E-state index in [0.717, 1.165) is 0 Å². The summed E-state index contributed by atoms with van der Waals surface area (Å²) in [7, 11) is 1.64. The van der Waals surface area contributed by atoms with Crippen LogP contribution in [0.4, 0.5) is 0 Å². The Morgan fingerprint density at radius 1 is 1.32 bits per heavy atom. The van der Waals surface area contributed by atoms with Gasteiger partial charge in [-0.3, -0.25) is 9.59 Å². The number of hydrogen-bond acceptors (Lipinski definition) is 11. The van der Waals surface area contributed by atoms with E-state index in [1.54, 1.807) is 14.0 Å². The van der Waals surface area contributed by atoms with Gasteiger partial charge in [0, 0.05) is 19.2 Å². The van der Waals surface area contributed by atoms with Gasteiger partial charge in [-0.15, -0.1) is 22.0 Å². The fourth-order valence-corrected chi connectivity index (χ4v) is 7.71. The minimum atomic E-state index is -1.97. The molecule has 2 aromatic rings. The van der Waals surface area contributed by atoms with Gasteiger partial charge in [0.05, 0.1) is 4.75 Å². The highest BCUT2D eigenvalue weighted by Gasteiger charge is 2.75. The Hall–Kier alpha value is -1.88. The lowest BCUT2D eigenvalue weighted by molar-refractivity contribution is -0.172. The Labute approximate surface area is 215 Å². The number of carbonyl (C=O) groups is 3. The van der Waals surface area contributed by atoms with Crippen molar-refractivity contribution in [1.82, 2.24) is 50.6 Å². The third-order valence-electron chi connectivity index (χ3n) is 5.59. The van der Waals surface area contributed by atoms with Gasteiger partial charge in [0.1, 0.15) is 24.3 Å². The number of halogens is 3. The number of aromatic nitrogens is 8. The molecular formula is C15H17Cl3N10O4S2. The van der Waals surface area contributed by atoms with E-state index in [-0.39, 0.29) is 12.3 Å². The number of hydrogen-bond donors (Lipinski definition) is 2. The van der Waals surface area contributed by atoms with E-state index in [9.17, 15) is 19.5 Å². The lowest BCUT2D eigenvalue weighted by Crippen LogP contribution is -2.76. The average molecular weight is 572 g/mol. The second kappa shape index (κ2) is 8.96. The topological polar surface area (TPSA) is 174 Å². The molecule has 2 amide bonds. The number of β-lactam (4-membered cyclic amide) rings is 1. The highest BCUT2D eigenvalue weighted by Crippen LogP contribution is 2.61. The number of nitrogens with one attached hydrogen (secondary N) is 1. The largest absolute Gasteiger partial charge is 0.479 e. The molecule has 0 saturated carbocycles. The van der Waals surface area contributed by atoms with Crippen molar-refractivity contribution in [3.8, 4) is 0 Å². The van der Waals surface area contributed by atoms with E-state index in [4.69, 9.17) is 34.8 Å². The highest BCUT2D eigenvalue weighted by molar-refractivity contribution is 8.04. The highest BCUT2D eigenvalue weighted by atomic mass is 35.6. The van der Waals surface area contributed by atoms with Gasteiger partial charge in [0.2, 0.25) is 17.0 Å². The molecule has 2 N–H and O–H groups in total. The van der Waals surface area contributed by atoms with Crippen molar-refractivity contribution in [3.63, 3.8) is 0 Å². The first-order valence-electron chi connectivity index (χ1n) is 9.54. The van der Waals surface area contributed by atoms with Gasteiger partial charge in [-0.05, 0) is 27.8 Å². The summed E-state index contributed by atoms with van der Waals surface area (Å²) in [6.07, 6.45) is 0.791. The van der Waals surface area contributed by atoms with Crippen LogP contribution in [-0.4, -0.2) is 99.5 Å². The number of carboxylic acid groups (broad SMARTS) is 1. The smallest absolute Gasteiger partial charge is 0.331 e. The molecule has 2 aliphatic heterocycles. The first-order chi connectivity index (χ1) is 15.9. The third kappa shape index (κ3) is 4.29. The van der Waals surface area contributed by atoms with Crippen molar-refractivity contribution < 1.29 is 19.5 Å². The minimum Gasteiger partial charge on any atom is -0.479 e. The second-order valence-electron chi connectivity index (χ2n) is 7.83. The fourth-order valence-electron chi connectivity index (χ4n) is 4.03. The van der Waals surface area contributed by atoms with Crippen molar-refractivity contribution in [3.05, 3.63) is 6.33 Å². The number of aliphatic carboxylic acids is 1. The molecule has 184 valence electrons. The van der Waals surface area contributed by atoms with Gasteiger partial charge in [0.15, 0.2) is 9.33 Å². The lowest BCUT2D eigenvalue weighted by Gasteiger charge is -2.51. The van der Waals surface area contributed by atoms with Gasteiger partial charge < -0.3 is 15.3 Å². The first-order valence-corrected chi connectivity index (χ1v) is 12.5. The average Bonchev–Trinajstić information content (AvgIpc) is 3.43. The van der Waals surface area contributed by atoms with Crippen LogP contribution in [0.1, 0.15) is 13.3 Å². The second-order valence-corrected chi connectivity index (χ2v) is 12.9. The number of thioether (sulfide) groups is 2. The molecule has 0 aromatic carbocycles. The number of nitrogens with zero attached hydrogens (tertiary/aromatic N) is 9. The van der Waals surface area contributed by atoms with Gasteiger partial charge >= 0.3 is 5.97 Å². The van der Waals surface area contributed by atoms with Crippen LogP contribution in [0.5, 0.6) is 0 Å². The standard InChI is InChI=1S/C15H17Cl3N10O4S2/c1-13(5-33-12-21-23-24-26(12)2)14(11(31)32,4-15(16,17)18)28-9(30)8(10(28)34-13)20-7(29)3-27-6-19-22-25-27/h6,8,10H,3-5H2,1-2H3,(H,20,29)(H,31,32)/t8?,10-,13?,14?/m1/s1. The SMILES string of the molecule is Cn1nnnc1SCC1(C)S[C@@H]2C(NC(=O)Cn3cnnn3)C(=O)N2C1(CC(Cl)(Cl)Cl)C(=O)O. The van der Waals surface area contributed by atoms with Crippen molar-refractivity contribution in [2.45, 2.75) is 50.5 Å². The van der Waals surface area contributed by atoms with Crippen molar-refractivity contribution >= 4 is 76.1 Å². The number of amides is 2. The van der Waals surface area contributed by atoms with Crippen LogP contribution >= 0.6 is 58.3 Å². The molecule has 3 unspecified atom stereocenters. The molecular weight excluding hydrogens is 555 g/mol. The predicted molar refractivity (Wildman–Crippen MR) is 121 cm³/mol. The summed E-state index contributed by atoms with van der Waals surface area (Å²) in [6.45, 7) is 1.48. The summed E-state index contributed by atoms with van der Waals surface area (Å²) in [4.78, 5) is 39.6. The summed E-state index contributed by atoms with van der Waals surface area (Å²) in [5.74, 6) is -2.25. The third-order valence-corrected chi connectivity index (χ3v) is 9.23. The molecule has 0 bridgehead atoms. The molecule has 14 nitrogen and oxygen atoms in total. The van der Waals surface area contributed by atoms with E-state index < -0.39 is 49.7 Å². The molecule has 4 rings (SSSR count). The number of rotatable bonds is 8. The zero-order valence-electron chi connectivity index (χ0n) is 17.5. The Morgan fingerprint density at radius 2 is 2.06 bits per heavy atom. The van der Waals surface area contributed by atoms with Gasteiger partial charge in [-0.2, -0.15) is 0 Å². The molecule has 2 fully saturated rings. The molecule has 2 aromatic heterocycles. The number of fused-ring (bicyclic) bond motifs is 1. The molecule has 0 spiro atoms. The normalized spacial score (nSPS) is 28.5. The summed E-state index contributed by atoms with van der Waals surface area (Å²) in [6, 6.07) is -0.966. The summed E-state index contributed by atoms with van der Waals surface area (Å²) >= 11 is 20.6. The van der Waals surface area contributed by atoms with Crippen LogP contribution in [0, 0.1) is 0 Å². The molecule has 19 heteroatoms. The minimum absolute atomic E-state index is 0.171. The number of aryl methyl sites for hydroxylation is 1. The fraction of sp³-hybridized carbons (Fsp3) is 0.667. The maximum absolute atomic E-state index is 13.2. The summed E-state index contributed by atoms with van der Waals surface area (Å²) < 4.78 is -0.485. The molecule has 34 heavy (non-hydrogen) atoms. The van der Waals surface area contributed by atoms with Crippen LogP contribution in [0.2, 0.25) is 0 Å². The monoisotopic (exact) mass is 570 g/mol.